The summed E-state index contributed by atoms with van der Waals surface area (Å²) in [6, 6.07) is 0.709. The lowest BCUT2D eigenvalue weighted by atomic mass is 9.92. The first-order valence-corrected chi connectivity index (χ1v) is 7.07. The van der Waals surface area contributed by atoms with E-state index in [1.165, 1.54) is 38.8 Å². The van der Waals surface area contributed by atoms with Crippen molar-refractivity contribution in [1.82, 2.24) is 10.2 Å². The molecular formula is C15H28N2. The second-order valence-corrected chi connectivity index (χ2v) is 5.49. The number of piperazine rings is 1. The van der Waals surface area contributed by atoms with Crippen molar-refractivity contribution in [1.29, 1.82) is 0 Å². The summed E-state index contributed by atoms with van der Waals surface area (Å²) in [6.07, 6.45) is 11.1. The van der Waals surface area contributed by atoms with Crippen LogP contribution in [-0.2, 0) is 0 Å². The van der Waals surface area contributed by atoms with Crippen LogP contribution < -0.4 is 5.32 Å². The summed E-state index contributed by atoms with van der Waals surface area (Å²) in [7, 11) is 0. The Bertz CT molecular complexity index is 256. The topological polar surface area (TPSA) is 15.3 Å². The maximum Gasteiger partial charge on any atom is 0.0278 e. The molecule has 1 heterocycles. The third kappa shape index (κ3) is 4.33. The molecule has 0 aromatic rings. The van der Waals surface area contributed by atoms with Crippen molar-refractivity contribution in [3.8, 4) is 12.3 Å². The monoisotopic (exact) mass is 236 g/mol. The Labute approximate surface area is 107 Å². The van der Waals surface area contributed by atoms with E-state index < -0.39 is 0 Å². The first-order valence-electron chi connectivity index (χ1n) is 7.07. The Hall–Kier alpha value is -0.520. The summed E-state index contributed by atoms with van der Waals surface area (Å²) in [5.74, 6) is 2.73. The molecule has 1 aliphatic rings. The number of unbranched alkanes of at least 4 members (excludes halogenated alkanes) is 2. The summed E-state index contributed by atoms with van der Waals surface area (Å²) in [5.41, 5.74) is 0.303. The SMILES string of the molecule is C#CCCCCN1CC(C)(CC)NCC1CC. The second kappa shape index (κ2) is 7.03. The molecule has 2 nitrogen and oxygen atoms in total. The van der Waals surface area contributed by atoms with Gasteiger partial charge in [-0.2, -0.15) is 0 Å². The number of rotatable bonds is 6. The van der Waals surface area contributed by atoms with Crippen LogP contribution in [0.1, 0.15) is 52.9 Å². The van der Waals surface area contributed by atoms with Crippen LogP contribution in [-0.4, -0.2) is 36.1 Å². The van der Waals surface area contributed by atoms with Gasteiger partial charge in [0.2, 0.25) is 0 Å². The van der Waals surface area contributed by atoms with Crippen molar-refractivity contribution in [3.63, 3.8) is 0 Å². The molecule has 17 heavy (non-hydrogen) atoms. The molecule has 2 unspecified atom stereocenters. The Balaban J connectivity index is 2.43. The fraction of sp³-hybridized carbons (Fsp3) is 0.867. The maximum absolute atomic E-state index is 5.29. The van der Waals surface area contributed by atoms with Crippen LogP contribution in [0.25, 0.3) is 0 Å². The molecule has 0 spiro atoms. The molecule has 0 saturated carbocycles. The van der Waals surface area contributed by atoms with Crippen LogP contribution in [0.15, 0.2) is 0 Å². The van der Waals surface area contributed by atoms with Gasteiger partial charge in [-0.25, -0.2) is 0 Å². The van der Waals surface area contributed by atoms with Crippen molar-refractivity contribution in [2.24, 2.45) is 0 Å². The molecule has 0 aromatic heterocycles. The van der Waals surface area contributed by atoms with E-state index >= 15 is 0 Å². The fourth-order valence-corrected chi connectivity index (χ4v) is 2.57. The highest BCUT2D eigenvalue weighted by molar-refractivity contribution is 4.94. The molecule has 0 amide bonds. The average Bonchev–Trinajstić information content (AvgIpc) is 2.35. The molecule has 0 aliphatic carbocycles. The van der Waals surface area contributed by atoms with Gasteiger partial charge in [0.05, 0.1) is 0 Å². The molecule has 1 N–H and O–H groups in total. The Morgan fingerprint density at radius 2 is 2.18 bits per heavy atom. The number of hydrogen-bond donors (Lipinski definition) is 1. The van der Waals surface area contributed by atoms with E-state index in [0.717, 1.165) is 13.0 Å². The number of nitrogens with one attached hydrogen (secondary N) is 1. The van der Waals surface area contributed by atoms with Gasteiger partial charge < -0.3 is 5.32 Å². The maximum atomic E-state index is 5.29. The smallest absolute Gasteiger partial charge is 0.0278 e. The van der Waals surface area contributed by atoms with Crippen molar-refractivity contribution < 1.29 is 0 Å². The van der Waals surface area contributed by atoms with Gasteiger partial charge in [-0.15, -0.1) is 12.3 Å². The van der Waals surface area contributed by atoms with Gasteiger partial charge >= 0.3 is 0 Å². The second-order valence-electron chi connectivity index (χ2n) is 5.49. The van der Waals surface area contributed by atoms with Crippen LogP contribution >= 0.6 is 0 Å². The lowest BCUT2D eigenvalue weighted by molar-refractivity contribution is 0.0806. The van der Waals surface area contributed by atoms with Crippen LogP contribution in [0.4, 0.5) is 0 Å². The predicted octanol–water partition coefficient (Wildman–Crippen LogP) is 2.64. The van der Waals surface area contributed by atoms with Crippen LogP contribution in [0, 0.1) is 12.3 Å². The minimum Gasteiger partial charge on any atom is -0.309 e. The van der Waals surface area contributed by atoms with Gasteiger partial charge in [0.25, 0.3) is 0 Å². The summed E-state index contributed by atoms with van der Waals surface area (Å²) < 4.78 is 0. The van der Waals surface area contributed by atoms with E-state index in [1.54, 1.807) is 0 Å². The number of terminal acetylenes is 1. The zero-order chi connectivity index (χ0) is 12.7. The Kier molecular flexibility index (Phi) is 6.02. The normalized spacial score (nSPS) is 30.1. The first-order chi connectivity index (χ1) is 8.15. The highest BCUT2D eigenvalue weighted by Gasteiger charge is 2.33. The summed E-state index contributed by atoms with van der Waals surface area (Å²) >= 11 is 0. The fourth-order valence-electron chi connectivity index (χ4n) is 2.57. The average molecular weight is 236 g/mol. The van der Waals surface area contributed by atoms with Crippen LogP contribution in [0.5, 0.6) is 0 Å². The van der Waals surface area contributed by atoms with Gasteiger partial charge in [-0.1, -0.05) is 13.8 Å². The van der Waals surface area contributed by atoms with Crippen LogP contribution in [0.2, 0.25) is 0 Å². The van der Waals surface area contributed by atoms with Gasteiger partial charge in [0, 0.05) is 31.1 Å². The van der Waals surface area contributed by atoms with E-state index in [2.05, 4.69) is 36.9 Å². The lowest BCUT2D eigenvalue weighted by Gasteiger charge is -2.46. The zero-order valence-electron chi connectivity index (χ0n) is 11.8. The van der Waals surface area contributed by atoms with Gasteiger partial charge in [0.1, 0.15) is 0 Å². The molecule has 1 fully saturated rings. The Morgan fingerprint density at radius 3 is 2.76 bits per heavy atom. The minimum atomic E-state index is 0.303. The van der Waals surface area contributed by atoms with Crippen molar-refractivity contribution in [2.75, 3.05) is 19.6 Å². The number of nitrogens with zero attached hydrogens (tertiary/aromatic N) is 1. The van der Waals surface area contributed by atoms with Gasteiger partial charge in [-0.05, 0) is 39.2 Å². The van der Waals surface area contributed by atoms with Gasteiger partial charge in [0.15, 0.2) is 0 Å². The molecule has 1 saturated heterocycles. The highest BCUT2D eigenvalue weighted by Crippen LogP contribution is 2.20. The molecule has 0 bridgehead atoms. The third-order valence-electron chi connectivity index (χ3n) is 4.10. The predicted molar refractivity (Wildman–Crippen MR) is 75.0 cm³/mol. The van der Waals surface area contributed by atoms with Crippen LogP contribution in [0.3, 0.4) is 0 Å². The zero-order valence-corrected chi connectivity index (χ0v) is 11.8. The molecule has 1 aliphatic heterocycles. The molecule has 0 radical (unpaired) electrons. The van der Waals surface area contributed by atoms with Crippen molar-refractivity contribution in [3.05, 3.63) is 0 Å². The van der Waals surface area contributed by atoms with E-state index in [9.17, 15) is 0 Å². The van der Waals surface area contributed by atoms with Crippen molar-refractivity contribution in [2.45, 2.75) is 64.5 Å². The van der Waals surface area contributed by atoms with E-state index in [4.69, 9.17) is 6.42 Å². The summed E-state index contributed by atoms with van der Waals surface area (Å²) in [4.78, 5) is 2.66. The highest BCUT2D eigenvalue weighted by atomic mass is 15.2. The summed E-state index contributed by atoms with van der Waals surface area (Å²) in [5, 5.41) is 3.70. The quantitative estimate of drug-likeness (QED) is 0.563. The largest absolute Gasteiger partial charge is 0.309 e. The molecule has 98 valence electrons. The van der Waals surface area contributed by atoms with Crippen molar-refractivity contribution >= 4 is 0 Å². The van der Waals surface area contributed by atoms with E-state index in [1.807, 2.05) is 0 Å². The molecular weight excluding hydrogens is 208 g/mol. The lowest BCUT2D eigenvalue weighted by Crippen LogP contribution is -2.62. The summed E-state index contributed by atoms with van der Waals surface area (Å²) in [6.45, 7) is 10.4. The standard InChI is InChI=1S/C15H28N2/c1-5-8-9-10-11-17-13-15(4,7-3)16-12-14(17)6-2/h1,14,16H,6-13H2,2-4H3. The first kappa shape index (κ1) is 14.5. The molecule has 2 atom stereocenters. The third-order valence-corrected chi connectivity index (χ3v) is 4.10. The minimum absolute atomic E-state index is 0.303. The molecule has 0 aromatic carbocycles. The number of hydrogen-bond acceptors (Lipinski definition) is 2. The van der Waals surface area contributed by atoms with E-state index in [0.29, 0.717) is 11.6 Å². The molecule has 2 heteroatoms. The van der Waals surface area contributed by atoms with Gasteiger partial charge in [-0.3, -0.25) is 4.90 Å². The molecule has 1 rings (SSSR count). The Morgan fingerprint density at radius 1 is 1.41 bits per heavy atom. The van der Waals surface area contributed by atoms with E-state index in [-0.39, 0.29) is 0 Å².